The number of fused-ring (bicyclic) bond motifs is 1. The van der Waals surface area contributed by atoms with Crippen LogP contribution in [0, 0.1) is 0 Å². The van der Waals surface area contributed by atoms with Crippen LogP contribution < -0.4 is 10.1 Å². The summed E-state index contributed by atoms with van der Waals surface area (Å²) in [4.78, 5) is 27.4. The van der Waals surface area contributed by atoms with Crippen molar-refractivity contribution < 1.29 is 18.7 Å². The van der Waals surface area contributed by atoms with E-state index in [0.717, 1.165) is 28.6 Å². The van der Waals surface area contributed by atoms with E-state index in [-0.39, 0.29) is 23.6 Å². The molecule has 1 aromatic heterocycles. The van der Waals surface area contributed by atoms with E-state index >= 15 is 0 Å². The van der Waals surface area contributed by atoms with Crippen LogP contribution in [-0.4, -0.2) is 35.9 Å². The molecule has 0 saturated carbocycles. The molecule has 0 radical (unpaired) electrons. The van der Waals surface area contributed by atoms with Gasteiger partial charge in [-0.1, -0.05) is 15.9 Å². The first-order chi connectivity index (χ1) is 13.1. The zero-order chi connectivity index (χ0) is 18.8. The quantitative estimate of drug-likeness (QED) is 0.802. The van der Waals surface area contributed by atoms with E-state index in [2.05, 4.69) is 21.2 Å². The highest BCUT2D eigenvalue weighted by Crippen LogP contribution is 2.34. The normalized spacial score (nSPS) is 21.9. The van der Waals surface area contributed by atoms with Crippen LogP contribution in [0.1, 0.15) is 47.8 Å². The van der Waals surface area contributed by atoms with E-state index in [0.29, 0.717) is 26.0 Å². The van der Waals surface area contributed by atoms with E-state index in [9.17, 15) is 9.59 Å². The summed E-state index contributed by atoms with van der Waals surface area (Å²) in [6.45, 7) is 1.12. The molecule has 6 nitrogen and oxygen atoms in total. The van der Waals surface area contributed by atoms with Crippen molar-refractivity contribution in [2.45, 2.75) is 37.8 Å². The van der Waals surface area contributed by atoms with Gasteiger partial charge < -0.3 is 19.4 Å². The van der Waals surface area contributed by atoms with Crippen molar-refractivity contribution in [1.82, 2.24) is 10.2 Å². The summed E-state index contributed by atoms with van der Waals surface area (Å²) in [6.07, 6.45) is 4.66. The van der Waals surface area contributed by atoms with Gasteiger partial charge in [0.25, 0.3) is 5.91 Å². The monoisotopic (exact) mass is 432 g/mol. The van der Waals surface area contributed by atoms with E-state index in [1.807, 2.05) is 18.2 Å². The molecule has 0 spiro atoms. The van der Waals surface area contributed by atoms with Gasteiger partial charge in [-0.25, -0.2) is 0 Å². The summed E-state index contributed by atoms with van der Waals surface area (Å²) in [5, 5.41) is 3.14. The lowest BCUT2D eigenvalue weighted by atomic mass is 9.97. The standard InChI is InChI=1S/C20H21BrN2O4/c21-13-6-7-17-14(12-13)15(8-11-27-17)22-19(24)16-4-1-2-9-23(16)20(25)18-5-3-10-26-18/h3,5-7,10,12,15-16H,1-2,4,8-9,11H2,(H,22,24). The van der Waals surface area contributed by atoms with Gasteiger partial charge in [-0.15, -0.1) is 0 Å². The number of amides is 2. The van der Waals surface area contributed by atoms with Crippen molar-refractivity contribution in [3.8, 4) is 5.75 Å². The fourth-order valence-corrected chi connectivity index (χ4v) is 4.15. The minimum atomic E-state index is -0.477. The van der Waals surface area contributed by atoms with Crippen LogP contribution >= 0.6 is 15.9 Å². The number of hydrogen-bond acceptors (Lipinski definition) is 4. The molecular weight excluding hydrogens is 412 g/mol. The van der Waals surface area contributed by atoms with Crippen molar-refractivity contribution in [2.24, 2.45) is 0 Å². The molecule has 2 aromatic rings. The van der Waals surface area contributed by atoms with Gasteiger partial charge in [0.2, 0.25) is 5.91 Å². The topological polar surface area (TPSA) is 71.8 Å². The molecule has 4 rings (SSSR count). The van der Waals surface area contributed by atoms with Crippen molar-refractivity contribution in [3.05, 3.63) is 52.4 Å². The number of carbonyl (C=O) groups excluding carboxylic acids is 2. The van der Waals surface area contributed by atoms with Crippen molar-refractivity contribution in [2.75, 3.05) is 13.2 Å². The second-order valence-electron chi connectivity index (χ2n) is 6.87. The zero-order valence-electron chi connectivity index (χ0n) is 14.8. The maximum atomic E-state index is 13.1. The number of rotatable bonds is 3. The Kier molecular flexibility index (Phi) is 5.20. The summed E-state index contributed by atoms with van der Waals surface area (Å²) in [5.74, 6) is 0.722. The maximum Gasteiger partial charge on any atom is 0.290 e. The predicted molar refractivity (Wildman–Crippen MR) is 103 cm³/mol. The average Bonchev–Trinajstić information content (AvgIpc) is 3.22. The number of likely N-dealkylation sites (tertiary alicyclic amines) is 1. The summed E-state index contributed by atoms with van der Waals surface area (Å²) < 4.78 is 11.9. The molecule has 0 bridgehead atoms. The lowest BCUT2D eigenvalue weighted by molar-refractivity contribution is -0.127. The van der Waals surface area contributed by atoms with Gasteiger partial charge in [-0.3, -0.25) is 9.59 Å². The maximum absolute atomic E-state index is 13.1. The van der Waals surface area contributed by atoms with Crippen molar-refractivity contribution >= 4 is 27.7 Å². The summed E-state index contributed by atoms with van der Waals surface area (Å²) in [5.41, 5.74) is 0.962. The van der Waals surface area contributed by atoms with Gasteiger partial charge in [0.05, 0.1) is 18.9 Å². The van der Waals surface area contributed by atoms with Crippen LogP contribution in [-0.2, 0) is 4.79 Å². The molecule has 0 aliphatic carbocycles. The minimum Gasteiger partial charge on any atom is -0.493 e. The molecule has 3 heterocycles. The molecule has 1 fully saturated rings. The molecule has 1 N–H and O–H groups in total. The van der Waals surface area contributed by atoms with Crippen LogP contribution in [0.5, 0.6) is 5.75 Å². The fraction of sp³-hybridized carbons (Fsp3) is 0.400. The number of piperidine rings is 1. The number of ether oxygens (including phenoxy) is 1. The van der Waals surface area contributed by atoms with Gasteiger partial charge in [-0.05, 0) is 49.6 Å². The zero-order valence-corrected chi connectivity index (χ0v) is 16.4. The molecule has 2 atom stereocenters. The molecular formula is C20H21BrN2O4. The Morgan fingerprint density at radius 3 is 2.89 bits per heavy atom. The molecule has 7 heteroatoms. The van der Waals surface area contributed by atoms with Gasteiger partial charge in [0.15, 0.2) is 5.76 Å². The number of benzene rings is 1. The van der Waals surface area contributed by atoms with Gasteiger partial charge in [0.1, 0.15) is 11.8 Å². The van der Waals surface area contributed by atoms with E-state index < -0.39 is 6.04 Å². The largest absolute Gasteiger partial charge is 0.493 e. The Morgan fingerprint density at radius 2 is 2.07 bits per heavy atom. The van der Waals surface area contributed by atoms with Crippen LogP contribution in [0.2, 0.25) is 0 Å². The Balaban J connectivity index is 1.52. The Labute approximate surface area is 166 Å². The lowest BCUT2D eigenvalue weighted by Gasteiger charge is -2.36. The Morgan fingerprint density at radius 1 is 1.19 bits per heavy atom. The predicted octanol–water partition coefficient (Wildman–Crippen LogP) is 3.68. The molecule has 2 aliphatic heterocycles. The molecule has 27 heavy (non-hydrogen) atoms. The molecule has 1 aromatic carbocycles. The van der Waals surface area contributed by atoms with E-state index in [1.165, 1.54) is 6.26 Å². The number of furan rings is 1. The molecule has 142 valence electrons. The lowest BCUT2D eigenvalue weighted by Crippen LogP contribution is -2.52. The smallest absolute Gasteiger partial charge is 0.290 e. The number of carbonyl (C=O) groups is 2. The Bertz CT molecular complexity index is 837. The summed E-state index contributed by atoms with van der Waals surface area (Å²) >= 11 is 3.48. The summed E-state index contributed by atoms with van der Waals surface area (Å²) in [7, 11) is 0. The van der Waals surface area contributed by atoms with Gasteiger partial charge >= 0.3 is 0 Å². The highest BCUT2D eigenvalue weighted by atomic mass is 79.9. The van der Waals surface area contributed by atoms with Crippen LogP contribution in [0.15, 0.2) is 45.5 Å². The Hall–Kier alpha value is -2.28. The first-order valence-electron chi connectivity index (χ1n) is 9.20. The van der Waals surface area contributed by atoms with E-state index in [4.69, 9.17) is 9.15 Å². The second kappa shape index (κ2) is 7.76. The average molecular weight is 433 g/mol. The highest BCUT2D eigenvalue weighted by molar-refractivity contribution is 9.10. The third kappa shape index (κ3) is 3.74. The summed E-state index contributed by atoms with van der Waals surface area (Å²) in [6, 6.07) is 8.53. The fourth-order valence-electron chi connectivity index (χ4n) is 3.77. The van der Waals surface area contributed by atoms with Crippen molar-refractivity contribution in [3.63, 3.8) is 0 Å². The molecule has 2 unspecified atom stereocenters. The number of nitrogens with zero attached hydrogens (tertiary/aromatic N) is 1. The van der Waals surface area contributed by atoms with Gasteiger partial charge in [0, 0.05) is 23.0 Å². The van der Waals surface area contributed by atoms with E-state index in [1.54, 1.807) is 17.0 Å². The third-order valence-electron chi connectivity index (χ3n) is 5.13. The minimum absolute atomic E-state index is 0.118. The van der Waals surface area contributed by atoms with Crippen LogP contribution in [0.3, 0.4) is 0 Å². The molecule has 2 aliphatic rings. The third-order valence-corrected chi connectivity index (χ3v) is 5.62. The first kappa shape index (κ1) is 18.1. The SMILES string of the molecule is O=C(NC1CCOc2ccc(Br)cc21)C1CCCCN1C(=O)c1ccco1. The second-order valence-corrected chi connectivity index (χ2v) is 7.78. The molecule has 1 saturated heterocycles. The number of nitrogens with one attached hydrogen (secondary N) is 1. The number of hydrogen-bond donors (Lipinski definition) is 1. The van der Waals surface area contributed by atoms with Crippen LogP contribution in [0.25, 0.3) is 0 Å². The van der Waals surface area contributed by atoms with Crippen molar-refractivity contribution in [1.29, 1.82) is 0 Å². The van der Waals surface area contributed by atoms with Crippen LogP contribution in [0.4, 0.5) is 0 Å². The number of halogens is 1. The first-order valence-corrected chi connectivity index (χ1v) is 10.00. The molecule has 2 amide bonds. The highest BCUT2D eigenvalue weighted by Gasteiger charge is 2.35. The van der Waals surface area contributed by atoms with Gasteiger partial charge in [-0.2, -0.15) is 0 Å².